The standard InChI is InChI=1S/C10H16O4/c1-4-6-7-13-10(12)8(3)14-9(11)5-2/h5,8H,2,4,6-7H2,1,3H3/t8-/m0/s1. The Hall–Kier alpha value is -1.32. The summed E-state index contributed by atoms with van der Waals surface area (Å²) in [6, 6.07) is 0. The second-order valence-electron chi connectivity index (χ2n) is 2.80. The molecule has 0 spiro atoms. The van der Waals surface area contributed by atoms with Crippen molar-refractivity contribution in [2.75, 3.05) is 6.61 Å². The summed E-state index contributed by atoms with van der Waals surface area (Å²) in [7, 11) is 0. The van der Waals surface area contributed by atoms with Gasteiger partial charge < -0.3 is 9.47 Å². The molecule has 0 rings (SSSR count). The summed E-state index contributed by atoms with van der Waals surface area (Å²) in [6.45, 7) is 7.05. The van der Waals surface area contributed by atoms with Crippen molar-refractivity contribution in [1.82, 2.24) is 0 Å². The van der Waals surface area contributed by atoms with E-state index < -0.39 is 18.0 Å². The second kappa shape index (κ2) is 7.12. The van der Waals surface area contributed by atoms with E-state index in [1.165, 1.54) is 6.92 Å². The van der Waals surface area contributed by atoms with Gasteiger partial charge in [-0.1, -0.05) is 19.9 Å². The molecule has 0 aliphatic heterocycles. The zero-order chi connectivity index (χ0) is 11.0. The van der Waals surface area contributed by atoms with Gasteiger partial charge in [0.1, 0.15) is 0 Å². The largest absolute Gasteiger partial charge is 0.463 e. The Kier molecular flexibility index (Phi) is 6.45. The van der Waals surface area contributed by atoms with Gasteiger partial charge in [0.15, 0.2) is 6.10 Å². The summed E-state index contributed by atoms with van der Waals surface area (Å²) >= 11 is 0. The molecule has 0 aliphatic carbocycles. The topological polar surface area (TPSA) is 52.6 Å². The van der Waals surface area contributed by atoms with E-state index in [4.69, 9.17) is 4.74 Å². The highest BCUT2D eigenvalue weighted by Crippen LogP contribution is 1.97. The third-order valence-electron chi connectivity index (χ3n) is 1.53. The monoisotopic (exact) mass is 200 g/mol. The van der Waals surface area contributed by atoms with Crippen molar-refractivity contribution in [2.24, 2.45) is 0 Å². The molecule has 0 heterocycles. The van der Waals surface area contributed by atoms with Gasteiger partial charge in [0.2, 0.25) is 0 Å². The lowest BCUT2D eigenvalue weighted by Crippen LogP contribution is -2.25. The van der Waals surface area contributed by atoms with Crippen LogP contribution >= 0.6 is 0 Å². The van der Waals surface area contributed by atoms with Crippen LogP contribution in [0.5, 0.6) is 0 Å². The number of hydrogen-bond donors (Lipinski definition) is 0. The number of hydrogen-bond acceptors (Lipinski definition) is 4. The second-order valence-corrected chi connectivity index (χ2v) is 2.80. The molecule has 0 bridgehead atoms. The molecule has 4 heteroatoms. The van der Waals surface area contributed by atoms with E-state index in [1.807, 2.05) is 6.92 Å². The summed E-state index contributed by atoms with van der Waals surface area (Å²) in [5.74, 6) is -1.14. The molecule has 0 saturated heterocycles. The quantitative estimate of drug-likeness (QED) is 0.370. The highest BCUT2D eigenvalue weighted by atomic mass is 16.6. The van der Waals surface area contributed by atoms with Crippen LogP contribution in [0.1, 0.15) is 26.7 Å². The first kappa shape index (κ1) is 12.7. The first-order valence-corrected chi connectivity index (χ1v) is 4.61. The molecule has 0 fully saturated rings. The molecule has 4 nitrogen and oxygen atoms in total. The summed E-state index contributed by atoms with van der Waals surface area (Å²) in [5, 5.41) is 0. The predicted molar refractivity (Wildman–Crippen MR) is 51.6 cm³/mol. The Labute approximate surface area is 83.9 Å². The van der Waals surface area contributed by atoms with E-state index in [0.717, 1.165) is 18.9 Å². The molecular formula is C10H16O4. The minimum Gasteiger partial charge on any atom is -0.463 e. The Morgan fingerprint density at radius 2 is 2.14 bits per heavy atom. The predicted octanol–water partition coefficient (Wildman–Crippen LogP) is 1.45. The lowest BCUT2D eigenvalue weighted by molar-refractivity contribution is -0.163. The maximum atomic E-state index is 11.1. The van der Waals surface area contributed by atoms with Crippen molar-refractivity contribution in [3.05, 3.63) is 12.7 Å². The van der Waals surface area contributed by atoms with Gasteiger partial charge in [-0.2, -0.15) is 0 Å². The van der Waals surface area contributed by atoms with E-state index in [1.54, 1.807) is 0 Å². The van der Waals surface area contributed by atoms with Crippen LogP contribution in [0.15, 0.2) is 12.7 Å². The smallest absolute Gasteiger partial charge is 0.347 e. The highest BCUT2D eigenvalue weighted by molar-refractivity contribution is 5.84. The average molecular weight is 200 g/mol. The molecule has 0 aromatic rings. The van der Waals surface area contributed by atoms with Crippen molar-refractivity contribution in [2.45, 2.75) is 32.8 Å². The first-order chi connectivity index (χ1) is 6.61. The number of carbonyl (C=O) groups is 2. The van der Waals surface area contributed by atoms with E-state index in [-0.39, 0.29) is 0 Å². The maximum Gasteiger partial charge on any atom is 0.347 e. The summed E-state index contributed by atoms with van der Waals surface area (Å²) in [5.41, 5.74) is 0. The third-order valence-corrected chi connectivity index (χ3v) is 1.53. The highest BCUT2D eigenvalue weighted by Gasteiger charge is 2.17. The molecular weight excluding hydrogens is 184 g/mol. The van der Waals surface area contributed by atoms with Crippen molar-refractivity contribution in [3.8, 4) is 0 Å². The number of carbonyl (C=O) groups excluding carboxylic acids is 2. The molecule has 14 heavy (non-hydrogen) atoms. The Morgan fingerprint density at radius 1 is 1.50 bits per heavy atom. The molecule has 0 aromatic carbocycles. The minimum atomic E-state index is -0.864. The van der Waals surface area contributed by atoms with Gasteiger partial charge in [-0.05, 0) is 13.3 Å². The normalized spacial score (nSPS) is 11.6. The van der Waals surface area contributed by atoms with Crippen LogP contribution in [0.2, 0.25) is 0 Å². The van der Waals surface area contributed by atoms with Crippen LogP contribution in [-0.2, 0) is 19.1 Å². The van der Waals surface area contributed by atoms with Gasteiger partial charge in [0.05, 0.1) is 6.61 Å². The zero-order valence-corrected chi connectivity index (χ0v) is 8.62. The lowest BCUT2D eigenvalue weighted by atomic mass is 10.3. The summed E-state index contributed by atoms with van der Waals surface area (Å²) in [6.07, 6.45) is 1.91. The molecule has 0 saturated carbocycles. The van der Waals surface area contributed by atoms with Gasteiger partial charge in [0.25, 0.3) is 0 Å². The fourth-order valence-corrected chi connectivity index (χ4v) is 0.705. The van der Waals surface area contributed by atoms with Gasteiger partial charge in [-0.15, -0.1) is 0 Å². The summed E-state index contributed by atoms with van der Waals surface area (Å²) < 4.78 is 9.50. The molecule has 80 valence electrons. The van der Waals surface area contributed by atoms with Crippen molar-refractivity contribution in [3.63, 3.8) is 0 Å². The Balaban J connectivity index is 3.75. The molecule has 0 radical (unpaired) electrons. The molecule has 0 unspecified atom stereocenters. The van der Waals surface area contributed by atoms with Gasteiger partial charge in [-0.25, -0.2) is 9.59 Å². The zero-order valence-electron chi connectivity index (χ0n) is 8.62. The van der Waals surface area contributed by atoms with E-state index in [2.05, 4.69) is 11.3 Å². The van der Waals surface area contributed by atoms with Crippen molar-refractivity contribution < 1.29 is 19.1 Å². The number of unbranched alkanes of at least 4 members (excludes halogenated alkanes) is 1. The molecule has 1 atom stereocenters. The van der Waals surface area contributed by atoms with Gasteiger partial charge in [0, 0.05) is 6.08 Å². The molecule has 0 amide bonds. The number of ether oxygens (including phenoxy) is 2. The van der Waals surface area contributed by atoms with Crippen molar-refractivity contribution in [1.29, 1.82) is 0 Å². The fourth-order valence-electron chi connectivity index (χ4n) is 0.705. The Morgan fingerprint density at radius 3 is 2.64 bits per heavy atom. The van der Waals surface area contributed by atoms with Crippen LogP contribution in [0, 0.1) is 0 Å². The van der Waals surface area contributed by atoms with Crippen LogP contribution in [0.4, 0.5) is 0 Å². The lowest BCUT2D eigenvalue weighted by Gasteiger charge is -2.10. The molecule has 0 aromatic heterocycles. The molecule has 0 N–H and O–H groups in total. The van der Waals surface area contributed by atoms with E-state index in [9.17, 15) is 9.59 Å². The van der Waals surface area contributed by atoms with Crippen LogP contribution < -0.4 is 0 Å². The van der Waals surface area contributed by atoms with Gasteiger partial charge in [-0.3, -0.25) is 0 Å². The van der Waals surface area contributed by atoms with E-state index >= 15 is 0 Å². The maximum absolute atomic E-state index is 11.1. The SMILES string of the molecule is C=CC(=O)O[C@@H](C)C(=O)OCCCC. The third kappa shape index (κ3) is 5.35. The van der Waals surface area contributed by atoms with Crippen LogP contribution in [0.3, 0.4) is 0 Å². The van der Waals surface area contributed by atoms with Gasteiger partial charge >= 0.3 is 11.9 Å². The Bertz CT molecular complexity index is 210. The first-order valence-electron chi connectivity index (χ1n) is 4.61. The van der Waals surface area contributed by atoms with Crippen LogP contribution in [-0.4, -0.2) is 24.6 Å². The van der Waals surface area contributed by atoms with E-state index in [0.29, 0.717) is 6.61 Å². The minimum absolute atomic E-state index is 0.366. The molecule has 0 aliphatic rings. The van der Waals surface area contributed by atoms with Crippen molar-refractivity contribution >= 4 is 11.9 Å². The number of rotatable bonds is 6. The summed E-state index contributed by atoms with van der Waals surface area (Å²) in [4.78, 5) is 21.8. The number of esters is 2. The average Bonchev–Trinajstić information content (AvgIpc) is 2.17. The fraction of sp³-hybridized carbons (Fsp3) is 0.600. The van der Waals surface area contributed by atoms with Crippen LogP contribution in [0.25, 0.3) is 0 Å².